The van der Waals surface area contributed by atoms with Crippen LogP contribution in [0, 0.1) is 0 Å². The monoisotopic (exact) mass is 185 g/mol. The molecule has 0 fully saturated rings. The highest BCUT2D eigenvalue weighted by atomic mass is 16.5. The van der Waals surface area contributed by atoms with E-state index >= 15 is 0 Å². The molecule has 0 aliphatic rings. The number of rotatable bonds is 4. The summed E-state index contributed by atoms with van der Waals surface area (Å²) >= 11 is 0. The molecule has 1 rings (SSSR count). The minimum Gasteiger partial charge on any atom is -0.377 e. The first-order valence-electron chi connectivity index (χ1n) is 4.09. The average molecular weight is 185 g/mol. The first-order chi connectivity index (χ1) is 6.09. The Hall–Kier alpha value is -1.01. The zero-order valence-electron chi connectivity index (χ0n) is 8.19. The van der Waals surface area contributed by atoms with Gasteiger partial charge in [-0.05, 0) is 24.3 Å². The summed E-state index contributed by atoms with van der Waals surface area (Å²) in [5.41, 5.74) is 5.17. The molecule has 0 aromatic carbocycles. The van der Waals surface area contributed by atoms with E-state index in [1.807, 2.05) is 13.8 Å². The standard InChI is InChI=1S/C7H15N5O/c1-7(2,13-3)5-12-6(4-8)9-10-11-12/h4-5,8H2,1-3H3. The molecule has 0 radical (unpaired) electrons. The molecule has 6 heteroatoms. The van der Waals surface area contributed by atoms with Crippen LogP contribution in [0.5, 0.6) is 0 Å². The van der Waals surface area contributed by atoms with Crippen molar-refractivity contribution in [3.05, 3.63) is 5.82 Å². The van der Waals surface area contributed by atoms with Gasteiger partial charge in [0, 0.05) is 7.11 Å². The van der Waals surface area contributed by atoms with Crippen molar-refractivity contribution >= 4 is 0 Å². The Morgan fingerprint density at radius 3 is 2.77 bits per heavy atom. The molecule has 74 valence electrons. The third-order valence-electron chi connectivity index (χ3n) is 1.87. The highest BCUT2D eigenvalue weighted by molar-refractivity contribution is 4.81. The summed E-state index contributed by atoms with van der Waals surface area (Å²) in [5.74, 6) is 0.671. The molecule has 1 heterocycles. The van der Waals surface area contributed by atoms with Gasteiger partial charge in [0.05, 0.1) is 18.7 Å². The molecule has 0 amide bonds. The molecule has 1 aromatic heterocycles. The minimum absolute atomic E-state index is 0.278. The van der Waals surface area contributed by atoms with E-state index in [2.05, 4.69) is 15.5 Å². The molecule has 1 aromatic rings. The van der Waals surface area contributed by atoms with Gasteiger partial charge in [0.2, 0.25) is 0 Å². The Balaban J connectivity index is 2.73. The third-order valence-corrected chi connectivity index (χ3v) is 1.87. The van der Waals surface area contributed by atoms with Crippen LogP contribution in [-0.2, 0) is 17.8 Å². The van der Waals surface area contributed by atoms with E-state index in [4.69, 9.17) is 10.5 Å². The normalized spacial score (nSPS) is 12.0. The summed E-state index contributed by atoms with van der Waals surface area (Å²) in [6, 6.07) is 0. The molecule has 0 saturated carbocycles. The smallest absolute Gasteiger partial charge is 0.164 e. The molecule has 0 aliphatic carbocycles. The molecular formula is C7H15N5O. The minimum atomic E-state index is -0.278. The van der Waals surface area contributed by atoms with Crippen LogP contribution in [0.1, 0.15) is 19.7 Å². The van der Waals surface area contributed by atoms with E-state index < -0.39 is 0 Å². The van der Waals surface area contributed by atoms with Crippen molar-refractivity contribution in [1.29, 1.82) is 0 Å². The van der Waals surface area contributed by atoms with Gasteiger partial charge in [0.1, 0.15) is 0 Å². The molecule has 6 nitrogen and oxygen atoms in total. The number of tetrazole rings is 1. The fourth-order valence-corrected chi connectivity index (χ4v) is 0.917. The third kappa shape index (κ3) is 2.46. The van der Waals surface area contributed by atoms with Crippen LogP contribution in [0.4, 0.5) is 0 Å². The van der Waals surface area contributed by atoms with Crippen LogP contribution in [-0.4, -0.2) is 32.9 Å². The molecule has 0 atom stereocenters. The van der Waals surface area contributed by atoms with E-state index in [9.17, 15) is 0 Å². The molecule has 0 saturated heterocycles. The topological polar surface area (TPSA) is 78.8 Å². The summed E-state index contributed by atoms with van der Waals surface area (Å²) in [6.45, 7) is 4.87. The van der Waals surface area contributed by atoms with E-state index in [1.54, 1.807) is 11.8 Å². The Kier molecular flexibility index (Phi) is 2.94. The van der Waals surface area contributed by atoms with Crippen molar-refractivity contribution in [2.45, 2.75) is 32.5 Å². The Morgan fingerprint density at radius 2 is 2.23 bits per heavy atom. The largest absolute Gasteiger partial charge is 0.377 e. The van der Waals surface area contributed by atoms with Crippen molar-refractivity contribution < 1.29 is 4.74 Å². The second kappa shape index (κ2) is 3.80. The van der Waals surface area contributed by atoms with E-state index in [1.165, 1.54) is 0 Å². The fraction of sp³-hybridized carbons (Fsp3) is 0.857. The van der Waals surface area contributed by atoms with Crippen molar-refractivity contribution in [1.82, 2.24) is 20.2 Å². The second-order valence-electron chi connectivity index (χ2n) is 3.42. The first kappa shape index (κ1) is 10.1. The van der Waals surface area contributed by atoms with Crippen LogP contribution in [0.15, 0.2) is 0 Å². The van der Waals surface area contributed by atoms with Crippen molar-refractivity contribution in [2.75, 3.05) is 7.11 Å². The second-order valence-corrected chi connectivity index (χ2v) is 3.42. The van der Waals surface area contributed by atoms with Crippen LogP contribution < -0.4 is 5.73 Å². The lowest BCUT2D eigenvalue weighted by Gasteiger charge is -2.22. The van der Waals surface area contributed by atoms with Gasteiger partial charge in [0.15, 0.2) is 5.82 Å². The van der Waals surface area contributed by atoms with Gasteiger partial charge in [-0.15, -0.1) is 5.10 Å². The predicted molar refractivity (Wildman–Crippen MR) is 46.8 cm³/mol. The Bertz CT molecular complexity index is 270. The van der Waals surface area contributed by atoms with Crippen molar-refractivity contribution in [2.24, 2.45) is 5.73 Å². The number of aromatic nitrogens is 4. The number of hydrogen-bond acceptors (Lipinski definition) is 5. The fourth-order valence-electron chi connectivity index (χ4n) is 0.917. The molecule has 13 heavy (non-hydrogen) atoms. The number of methoxy groups -OCH3 is 1. The Morgan fingerprint density at radius 1 is 1.54 bits per heavy atom. The highest BCUT2D eigenvalue weighted by Crippen LogP contribution is 2.10. The number of hydrogen-bond donors (Lipinski definition) is 1. The first-order valence-corrected chi connectivity index (χ1v) is 4.09. The van der Waals surface area contributed by atoms with Gasteiger partial charge in [-0.25, -0.2) is 4.68 Å². The predicted octanol–water partition coefficient (Wildman–Crippen LogP) is -0.443. The van der Waals surface area contributed by atoms with E-state index in [0.717, 1.165) is 0 Å². The zero-order chi connectivity index (χ0) is 9.90. The summed E-state index contributed by atoms with van der Waals surface area (Å²) < 4.78 is 6.91. The lowest BCUT2D eigenvalue weighted by Crippen LogP contribution is -2.30. The lowest BCUT2D eigenvalue weighted by atomic mass is 10.1. The maximum absolute atomic E-state index is 5.45. The van der Waals surface area contributed by atoms with Gasteiger partial charge in [-0.2, -0.15) is 0 Å². The summed E-state index contributed by atoms with van der Waals surface area (Å²) in [7, 11) is 1.66. The average Bonchev–Trinajstić information content (AvgIpc) is 2.51. The Labute approximate surface area is 77.1 Å². The van der Waals surface area contributed by atoms with Gasteiger partial charge >= 0.3 is 0 Å². The maximum atomic E-state index is 5.45. The quantitative estimate of drug-likeness (QED) is 0.687. The van der Waals surface area contributed by atoms with E-state index in [-0.39, 0.29) is 5.60 Å². The van der Waals surface area contributed by atoms with Crippen molar-refractivity contribution in [3.63, 3.8) is 0 Å². The molecule has 0 aliphatic heterocycles. The van der Waals surface area contributed by atoms with Gasteiger partial charge in [0.25, 0.3) is 0 Å². The number of nitrogens with two attached hydrogens (primary N) is 1. The summed E-state index contributed by atoms with van der Waals surface area (Å²) in [6.07, 6.45) is 0. The molecule has 0 unspecified atom stereocenters. The lowest BCUT2D eigenvalue weighted by molar-refractivity contribution is 0.00432. The zero-order valence-corrected chi connectivity index (χ0v) is 8.19. The number of ether oxygens (including phenoxy) is 1. The van der Waals surface area contributed by atoms with Crippen molar-refractivity contribution in [3.8, 4) is 0 Å². The summed E-state index contributed by atoms with van der Waals surface area (Å²) in [4.78, 5) is 0. The van der Waals surface area contributed by atoms with Gasteiger partial charge in [-0.1, -0.05) is 0 Å². The maximum Gasteiger partial charge on any atom is 0.164 e. The molecule has 0 spiro atoms. The van der Waals surface area contributed by atoms with Crippen LogP contribution >= 0.6 is 0 Å². The van der Waals surface area contributed by atoms with E-state index in [0.29, 0.717) is 18.9 Å². The number of nitrogens with zero attached hydrogens (tertiary/aromatic N) is 4. The van der Waals surface area contributed by atoms with Gasteiger partial charge in [-0.3, -0.25) is 0 Å². The van der Waals surface area contributed by atoms with Crippen LogP contribution in [0.3, 0.4) is 0 Å². The van der Waals surface area contributed by atoms with Gasteiger partial charge < -0.3 is 10.5 Å². The highest BCUT2D eigenvalue weighted by Gasteiger charge is 2.19. The molecule has 0 bridgehead atoms. The van der Waals surface area contributed by atoms with Crippen LogP contribution in [0.25, 0.3) is 0 Å². The SMILES string of the molecule is COC(C)(C)Cn1nnnc1CN. The molecular weight excluding hydrogens is 170 g/mol. The molecule has 2 N–H and O–H groups in total. The van der Waals surface area contributed by atoms with Crippen LogP contribution in [0.2, 0.25) is 0 Å². The summed E-state index contributed by atoms with van der Waals surface area (Å²) in [5, 5.41) is 11.1.